The number of nitrogens with one attached hydrogen (secondary N) is 2. The molecular formula is C18H31N3O4. The summed E-state index contributed by atoms with van der Waals surface area (Å²) in [4.78, 5) is 37.4. The van der Waals surface area contributed by atoms with Gasteiger partial charge in [-0.1, -0.05) is 6.92 Å². The maximum Gasteiger partial charge on any atom is 0.246 e. The van der Waals surface area contributed by atoms with Crippen molar-refractivity contribution in [3.8, 4) is 0 Å². The number of carbonyl (C=O) groups excluding carboxylic acids is 3. The van der Waals surface area contributed by atoms with E-state index in [2.05, 4.69) is 10.6 Å². The highest BCUT2D eigenvalue weighted by Crippen LogP contribution is 2.19. The van der Waals surface area contributed by atoms with E-state index in [-0.39, 0.29) is 47.9 Å². The molecule has 142 valence electrons. The minimum Gasteiger partial charge on any atom is -0.366 e. The first-order chi connectivity index (χ1) is 11.6. The molecule has 2 aliphatic heterocycles. The lowest BCUT2D eigenvalue weighted by atomic mass is 10.1. The molecule has 0 bridgehead atoms. The average Bonchev–Trinajstić information content (AvgIpc) is 3.09. The van der Waals surface area contributed by atoms with Crippen LogP contribution in [0.25, 0.3) is 0 Å². The van der Waals surface area contributed by atoms with Gasteiger partial charge in [0.25, 0.3) is 0 Å². The van der Waals surface area contributed by atoms with Crippen LogP contribution in [0.2, 0.25) is 0 Å². The van der Waals surface area contributed by atoms with E-state index >= 15 is 0 Å². The molecule has 2 aliphatic rings. The molecule has 3 amide bonds. The summed E-state index contributed by atoms with van der Waals surface area (Å²) in [6, 6.07) is 0.0905. The summed E-state index contributed by atoms with van der Waals surface area (Å²) in [5.74, 6) is 0.242. The normalized spacial score (nSPS) is 26.6. The van der Waals surface area contributed by atoms with Crippen LogP contribution in [0.15, 0.2) is 0 Å². The average molecular weight is 353 g/mol. The topological polar surface area (TPSA) is 87.7 Å². The van der Waals surface area contributed by atoms with Crippen LogP contribution in [0.3, 0.4) is 0 Å². The van der Waals surface area contributed by atoms with Gasteiger partial charge in [0.15, 0.2) is 0 Å². The van der Waals surface area contributed by atoms with Crippen molar-refractivity contribution in [3.63, 3.8) is 0 Å². The minimum absolute atomic E-state index is 0.0298. The first kappa shape index (κ1) is 19.7. The fourth-order valence-electron chi connectivity index (χ4n) is 3.24. The number of amides is 3. The molecule has 7 heteroatoms. The Morgan fingerprint density at radius 3 is 2.64 bits per heavy atom. The zero-order valence-corrected chi connectivity index (χ0v) is 15.8. The number of hydrogen-bond acceptors (Lipinski definition) is 4. The molecule has 0 radical (unpaired) electrons. The van der Waals surface area contributed by atoms with Crippen LogP contribution in [-0.4, -0.2) is 60.0 Å². The van der Waals surface area contributed by atoms with Gasteiger partial charge >= 0.3 is 0 Å². The van der Waals surface area contributed by atoms with Gasteiger partial charge in [-0.05, 0) is 39.5 Å². The van der Waals surface area contributed by atoms with Gasteiger partial charge in [-0.25, -0.2) is 0 Å². The third-order valence-electron chi connectivity index (χ3n) is 4.74. The van der Waals surface area contributed by atoms with Crippen LogP contribution in [0.1, 0.15) is 53.4 Å². The molecule has 2 N–H and O–H groups in total. The van der Waals surface area contributed by atoms with E-state index in [0.717, 1.165) is 6.42 Å². The first-order valence-corrected chi connectivity index (χ1v) is 9.14. The smallest absolute Gasteiger partial charge is 0.246 e. The SMILES string of the molecule is CC1CN(C(=O)CCC2CCC(=O)N2)CC1NC(=O)COC(C)(C)C. The second-order valence-corrected chi connectivity index (χ2v) is 8.19. The predicted molar refractivity (Wildman–Crippen MR) is 93.8 cm³/mol. The fourth-order valence-corrected chi connectivity index (χ4v) is 3.24. The van der Waals surface area contributed by atoms with Gasteiger partial charge in [0, 0.05) is 32.0 Å². The van der Waals surface area contributed by atoms with E-state index < -0.39 is 0 Å². The zero-order valence-electron chi connectivity index (χ0n) is 15.8. The number of rotatable bonds is 6. The Bertz CT molecular complexity index is 515. The molecule has 0 spiro atoms. The summed E-state index contributed by atoms with van der Waals surface area (Å²) in [6.07, 6.45) is 2.50. The molecule has 0 aromatic rings. The number of likely N-dealkylation sites (tertiary alicyclic amines) is 1. The lowest BCUT2D eigenvalue weighted by Gasteiger charge is -2.21. The van der Waals surface area contributed by atoms with Crippen molar-refractivity contribution in [1.29, 1.82) is 0 Å². The fraction of sp³-hybridized carbons (Fsp3) is 0.833. The van der Waals surface area contributed by atoms with Crippen molar-refractivity contribution < 1.29 is 19.1 Å². The molecule has 3 atom stereocenters. The minimum atomic E-state index is -0.351. The van der Waals surface area contributed by atoms with Crippen molar-refractivity contribution >= 4 is 17.7 Å². The highest BCUT2D eigenvalue weighted by Gasteiger charge is 2.33. The molecule has 0 aromatic heterocycles. The van der Waals surface area contributed by atoms with Crippen LogP contribution >= 0.6 is 0 Å². The van der Waals surface area contributed by atoms with Crippen LogP contribution in [-0.2, 0) is 19.1 Å². The largest absolute Gasteiger partial charge is 0.366 e. The molecule has 25 heavy (non-hydrogen) atoms. The van der Waals surface area contributed by atoms with Crippen LogP contribution in [0.4, 0.5) is 0 Å². The summed E-state index contributed by atoms with van der Waals surface area (Å²) < 4.78 is 5.49. The number of hydrogen-bond donors (Lipinski definition) is 2. The first-order valence-electron chi connectivity index (χ1n) is 9.14. The summed E-state index contributed by atoms with van der Waals surface area (Å²) in [6.45, 7) is 8.99. The van der Waals surface area contributed by atoms with Gasteiger partial charge in [-0.2, -0.15) is 0 Å². The number of carbonyl (C=O) groups is 3. The highest BCUT2D eigenvalue weighted by atomic mass is 16.5. The van der Waals surface area contributed by atoms with Crippen LogP contribution in [0, 0.1) is 5.92 Å². The predicted octanol–water partition coefficient (Wildman–Crippen LogP) is 0.823. The molecule has 0 aliphatic carbocycles. The maximum absolute atomic E-state index is 12.4. The van der Waals surface area contributed by atoms with Crippen molar-refractivity contribution in [2.24, 2.45) is 5.92 Å². The van der Waals surface area contributed by atoms with E-state index in [1.807, 2.05) is 32.6 Å². The van der Waals surface area contributed by atoms with E-state index in [1.54, 1.807) is 0 Å². The van der Waals surface area contributed by atoms with Gasteiger partial charge in [0.2, 0.25) is 17.7 Å². The van der Waals surface area contributed by atoms with Crippen molar-refractivity contribution in [2.75, 3.05) is 19.7 Å². The molecule has 2 fully saturated rings. The Kier molecular flexibility index (Phi) is 6.43. The Labute approximate surface area is 149 Å². The van der Waals surface area contributed by atoms with Gasteiger partial charge in [-0.3, -0.25) is 14.4 Å². The Balaban J connectivity index is 1.73. The van der Waals surface area contributed by atoms with E-state index in [4.69, 9.17) is 4.74 Å². The Morgan fingerprint density at radius 2 is 2.04 bits per heavy atom. The molecule has 2 saturated heterocycles. The molecular weight excluding hydrogens is 322 g/mol. The molecule has 0 saturated carbocycles. The lowest BCUT2D eigenvalue weighted by molar-refractivity contribution is -0.132. The van der Waals surface area contributed by atoms with Gasteiger partial charge in [0.05, 0.1) is 11.6 Å². The van der Waals surface area contributed by atoms with Gasteiger partial charge in [-0.15, -0.1) is 0 Å². The molecule has 0 aromatic carbocycles. The summed E-state index contributed by atoms with van der Waals surface area (Å²) in [7, 11) is 0. The third-order valence-corrected chi connectivity index (χ3v) is 4.74. The van der Waals surface area contributed by atoms with Crippen LogP contribution in [0.5, 0.6) is 0 Å². The van der Waals surface area contributed by atoms with Crippen molar-refractivity contribution in [1.82, 2.24) is 15.5 Å². The summed E-state index contributed by atoms with van der Waals surface area (Å²) in [5, 5.41) is 5.86. The summed E-state index contributed by atoms with van der Waals surface area (Å²) >= 11 is 0. The van der Waals surface area contributed by atoms with E-state index in [1.165, 1.54) is 0 Å². The molecule has 2 heterocycles. The second kappa shape index (κ2) is 8.17. The quantitative estimate of drug-likeness (QED) is 0.740. The van der Waals surface area contributed by atoms with Gasteiger partial charge in [0.1, 0.15) is 6.61 Å². The lowest BCUT2D eigenvalue weighted by Crippen LogP contribution is -2.43. The summed E-state index contributed by atoms with van der Waals surface area (Å²) in [5.41, 5.74) is -0.351. The van der Waals surface area contributed by atoms with Gasteiger partial charge < -0.3 is 20.3 Å². The highest BCUT2D eigenvalue weighted by molar-refractivity contribution is 5.80. The van der Waals surface area contributed by atoms with Crippen LogP contribution < -0.4 is 10.6 Å². The zero-order chi connectivity index (χ0) is 18.6. The monoisotopic (exact) mass is 353 g/mol. The Morgan fingerprint density at radius 1 is 1.32 bits per heavy atom. The van der Waals surface area contributed by atoms with E-state index in [9.17, 15) is 14.4 Å². The second-order valence-electron chi connectivity index (χ2n) is 8.19. The number of ether oxygens (including phenoxy) is 1. The van der Waals surface area contributed by atoms with Crippen molar-refractivity contribution in [3.05, 3.63) is 0 Å². The standard InChI is InChI=1S/C18H31N3O4/c1-12-9-21(17(24)8-6-13-5-7-15(22)19-13)10-14(12)20-16(23)11-25-18(2,3)4/h12-14H,5-11H2,1-4H3,(H,19,22)(H,20,23). The maximum atomic E-state index is 12.4. The molecule has 3 unspecified atom stereocenters. The Hall–Kier alpha value is -1.63. The van der Waals surface area contributed by atoms with Crippen molar-refractivity contribution in [2.45, 2.75) is 71.1 Å². The third kappa shape index (κ3) is 6.30. The van der Waals surface area contributed by atoms with E-state index in [0.29, 0.717) is 32.4 Å². The number of nitrogens with zero attached hydrogens (tertiary/aromatic N) is 1. The molecule has 2 rings (SSSR count). The molecule has 7 nitrogen and oxygen atoms in total.